The van der Waals surface area contributed by atoms with Gasteiger partial charge in [-0.15, -0.1) is 0 Å². The topological polar surface area (TPSA) is 34.1 Å². The molecule has 0 aliphatic heterocycles. The third-order valence-corrected chi connectivity index (χ3v) is 6.44. The van der Waals surface area contributed by atoms with Gasteiger partial charge >= 0.3 is 0 Å². The highest BCUT2D eigenvalue weighted by Gasteiger charge is 2.11. The van der Waals surface area contributed by atoms with Gasteiger partial charge in [-0.3, -0.25) is 8.42 Å². The minimum Gasteiger partial charge on any atom is -0.254 e. The lowest BCUT2D eigenvalue weighted by Crippen LogP contribution is -2.10. The van der Waals surface area contributed by atoms with Crippen LogP contribution in [0.25, 0.3) is 0 Å². The van der Waals surface area contributed by atoms with E-state index in [1.54, 1.807) is 0 Å². The fraction of sp³-hybridized carbons (Fsp3) is 0.250. The minimum absolute atomic E-state index is 0.422. The zero-order chi connectivity index (χ0) is 14.5. The van der Waals surface area contributed by atoms with E-state index < -0.39 is 21.6 Å². The molecule has 20 heavy (non-hydrogen) atoms. The standard InChI is InChI=1S/C16H18O2S2/c1-13-7-3-5-9-15(13)19(17)11-12-20(18)16-10-6-4-8-14(16)2/h3-10H,11-12H2,1-2H3. The molecule has 0 aliphatic rings. The largest absolute Gasteiger partial charge is 0.254 e. The first-order valence-electron chi connectivity index (χ1n) is 6.47. The summed E-state index contributed by atoms with van der Waals surface area (Å²) >= 11 is 0. The van der Waals surface area contributed by atoms with E-state index in [0.717, 1.165) is 20.9 Å². The smallest absolute Gasteiger partial charge is 0.0541 e. The van der Waals surface area contributed by atoms with Crippen molar-refractivity contribution < 1.29 is 8.42 Å². The Bertz CT molecular complexity index is 593. The molecule has 0 saturated carbocycles. The van der Waals surface area contributed by atoms with E-state index >= 15 is 0 Å². The zero-order valence-corrected chi connectivity index (χ0v) is 13.3. The maximum atomic E-state index is 12.3. The van der Waals surface area contributed by atoms with E-state index in [-0.39, 0.29) is 0 Å². The summed E-state index contributed by atoms with van der Waals surface area (Å²) in [5.41, 5.74) is 2.04. The van der Waals surface area contributed by atoms with E-state index in [1.807, 2.05) is 62.4 Å². The van der Waals surface area contributed by atoms with E-state index in [9.17, 15) is 8.42 Å². The van der Waals surface area contributed by atoms with Gasteiger partial charge in [0.15, 0.2) is 0 Å². The summed E-state index contributed by atoms with van der Waals surface area (Å²) in [7, 11) is -2.18. The predicted molar refractivity (Wildman–Crippen MR) is 84.9 cm³/mol. The lowest BCUT2D eigenvalue weighted by molar-refractivity contribution is 0.677. The van der Waals surface area contributed by atoms with Crippen LogP contribution in [0.2, 0.25) is 0 Å². The lowest BCUT2D eigenvalue weighted by atomic mass is 10.2. The number of aryl methyl sites for hydroxylation is 2. The summed E-state index contributed by atoms with van der Waals surface area (Å²) in [4.78, 5) is 1.68. The second-order valence-electron chi connectivity index (χ2n) is 4.63. The second kappa shape index (κ2) is 6.95. The summed E-state index contributed by atoms with van der Waals surface area (Å²) < 4.78 is 24.5. The second-order valence-corrected chi connectivity index (χ2v) is 7.71. The molecule has 2 rings (SSSR count). The van der Waals surface area contributed by atoms with Gasteiger partial charge < -0.3 is 0 Å². The highest BCUT2D eigenvalue weighted by molar-refractivity contribution is 7.88. The summed E-state index contributed by atoms with van der Waals surface area (Å²) in [6, 6.07) is 15.3. The average Bonchev–Trinajstić information content (AvgIpc) is 2.45. The van der Waals surface area contributed by atoms with Crippen LogP contribution < -0.4 is 0 Å². The van der Waals surface area contributed by atoms with Crippen molar-refractivity contribution in [3.8, 4) is 0 Å². The molecule has 2 aromatic rings. The van der Waals surface area contributed by atoms with Gasteiger partial charge in [0.05, 0.1) is 21.6 Å². The first-order valence-corrected chi connectivity index (χ1v) is 9.11. The van der Waals surface area contributed by atoms with E-state index in [0.29, 0.717) is 11.5 Å². The normalized spacial score (nSPS) is 13.9. The molecule has 2 aromatic carbocycles. The van der Waals surface area contributed by atoms with Crippen LogP contribution in [0.15, 0.2) is 58.3 Å². The number of hydrogen-bond acceptors (Lipinski definition) is 2. The van der Waals surface area contributed by atoms with Gasteiger partial charge in [-0.05, 0) is 37.1 Å². The SMILES string of the molecule is Cc1ccccc1S(=O)CCS(=O)c1ccccc1C. The number of hydrogen-bond donors (Lipinski definition) is 0. The Morgan fingerprint density at radius 1 is 0.700 bits per heavy atom. The summed E-state index contributed by atoms with van der Waals surface area (Å²) in [5, 5.41) is 0. The molecule has 0 bridgehead atoms. The molecule has 0 aliphatic carbocycles. The van der Waals surface area contributed by atoms with Gasteiger partial charge in [0.1, 0.15) is 0 Å². The van der Waals surface area contributed by atoms with Crippen LogP contribution >= 0.6 is 0 Å². The van der Waals surface area contributed by atoms with Gasteiger partial charge in [0, 0.05) is 21.3 Å². The molecule has 0 N–H and O–H groups in total. The Hall–Kier alpha value is -1.26. The monoisotopic (exact) mass is 306 g/mol. The fourth-order valence-electron chi connectivity index (χ4n) is 2.00. The lowest BCUT2D eigenvalue weighted by Gasteiger charge is -2.07. The molecule has 0 amide bonds. The van der Waals surface area contributed by atoms with Crippen LogP contribution in [-0.2, 0) is 21.6 Å². The third kappa shape index (κ3) is 3.64. The van der Waals surface area contributed by atoms with Gasteiger partial charge in [0.25, 0.3) is 0 Å². The Labute approximate surface area is 125 Å². The van der Waals surface area contributed by atoms with Crippen molar-refractivity contribution in [3.63, 3.8) is 0 Å². The van der Waals surface area contributed by atoms with Crippen molar-refractivity contribution in [2.45, 2.75) is 23.6 Å². The van der Waals surface area contributed by atoms with E-state index in [1.165, 1.54) is 0 Å². The predicted octanol–water partition coefficient (Wildman–Crippen LogP) is 3.22. The Balaban J connectivity index is 2.03. The minimum atomic E-state index is -1.09. The van der Waals surface area contributed by atoms with Gasteiger partial charge in [-0.2, -0.15) is 0 Å². The van der Waals surface area contributed by atoms with E-state index in [2.05, 4.69) is 0 Å². The van der Waals surface area contributed by atoms with Gasteiger partial charge in [-0.25, -0.2) is 0 Å². The molecular formula is C16H18O2S2. The third-order valence-electron chi connectivity index (χ3n) is 3.13. The Morgan fingerprint density at radius 2 is 1.05 bits per heavy atom. The molecule has 4 heteroatoms. The molecule has 0 heterocycles. The van der Waals surface area contributed by atoms with Crippen molar-refractivity contribution >= 4 is 21.6 Å². The highest BCUT2D eigenvalue weighted by atomic mass is 32.2. The van der Waals surface area contributed by atoms with Crippen molar-refractivity contribution in [3.05, 3.63) is 59.7 Å². The van der Waals surface area contributed by atoms with Gasteiger partial charge in [0.2, 0.25) is 0 Å². The van der Waals surface area contributed by atoms with Crippen molar-refractivity contribution in [2.75, 3.05) is 11.5 Å². The van der Waals surface area contributed by atoms with Crippen LogP contribution in [0.5, 0.6) is 0 Å². The summed E-state index contributed by atoms with van der Waals surface area (Å²) in [6.45, 7) is 3.90. The summed E-state index contributed by atoms with van der Waals surface area (Å²) in [6.07, 6.45) is 0. The molecule has 0 spiro atoms. The summed E-state index contributed by atoms with van der Waals surface area (Å²) in [5.74, 6) is 0.845. The quantitative estimate of drug-likeness (QED) is 0.850. The molecule has 2 nitrogen and oxygen atoms in total. The average molecular weight is 306 g/mol. The fourth-order valence-corrected chi connectivity index (χ4v) is 4.96. The van der Waals surface area contributed by atoms with Crippen LogP contribution in [-0.4, -0.2) is 19.9 Å². The van der Waals surface area contributed by atoms with Crippen LogP contribution in [0.4, 0.5) is 0 Å². The molecule has 0 fully saturated rings. The maximum absolute atomic E-state index is 12.3. The molecule has 0 radical (unpaired) electrons. The van der Waals surface area contributed by atoms with Crippen molar-refractivity contribution in [1.82, 2.24) is 0 Å². The zero-order valence-electron chi connectivity index (χ0n) is 11.7. The first-order chi connectivity index (χ1) is 9.59. The molecule has 0 aromatic heterocycles. The van der Waals surface area contributed by atoms with Crippen molar-refractivity contribution in [2.24, 2.45) is 0 Å². The van der Waals surface area contributed by atoms with Gasteiger partial charge in [-0.1, -0.05) is 36.4 Å². The number of benzene rings is 2. The Kier molecular flexibility index (Phi) is 5.26. The molecule has 0 saturated heterocycles. The molecule has 106 valence electrons. The highest BCUT2D eigenvalue weighted by Crippen LogP contribution is 2.15. The van der Waals surface area contributed by atoms with Crippen molar-refractivity contribution in [1.29, 1.82) is 0 Å². The molecule has 2 atom stereocenters. The van der Waals surface area contributed by atoms with Crippen LogP contribution in [0.1, 0.15) is 11.1 Å². The number of rotatable bonds is 5. The van der Waals surface area contributed by atoms with Crippen LogP contribution in [0.3, 0.4) is 0 Å². The van der Waals surface area contributed by atoms with E-state index in [4.69, 9.17) is 0 Å². The molecule has 2 unspecified atom stereocenters. The van der Waals surface area contributed by atoms with Crippen LogP contribution in [0, 0.1) is 13.8 Å². The Morgan fingerprint density at radius 3 is 1.40 bits per heavy atom. The molecular weight excluding hydrogens is 288 g/mol. The maximum Gasteiger partial charge on any atom is 0.0541 e. The first kappa shape index (κ1) is 15.1.